The maximum atomic E-state index is 13.1. The van der Waals surface area contributed by atoms with E-state index in [-0.39, 0.29) is 43.8 Å². The van der Waals surface area contributed by atoms with Crippen LogP contribution in [0.25, 0.3) is 10.1 Å². The van der Waals surface area contributed by atoms with Crippen LogP contribution in [0.3, 0.4) is 0 Å². The van der Waals surface area contributed by atoms with Crippen molar-refractivity contribution in [1.82, 2.24) is 10.2 Å². The van der Waals surface area contributed by atoms with Gasteiger partial charge in [0.25, 0.3) is 11.8 Å². The quantitative estimate of drug-likeness (QED) is 0.577. The molecule has 2 aliphatic heterocycles. The fourth-order valence-electron chi connectivity index (χ4n) is 3.91. The van der Waals surface area contributed by atoms with Gasteiger partial charge in [-0.3, -0.25) is 29.4 Å². The molecule has 3 aromatic rings. The molecule has 1 N–H and O–H groups in total. The number of imide groups is 2. The Balaban J connectivity index is 0.00000245. The van der Waals surface area contributed by atoms with Crippen LogP contribution in [0.15, 0.2) is 42.5 Å². The summed E-state index contributed by atoms with van der Waals surface area (Å²) in [5.74, 6) is -1.99. The Morgan fingerprint density at radius 2 is 1.84 bits per heavy atom. The van der Waals surface area contributed by atoms with Crippen LogP contribution in [0, 0.1) is 0 Å². The highest BCUT2D eigenvalue weighted by atomic mass is 35.5. The number of benzene rings is 2. The van der Waals surface area contributed by atoms with Crippen molar-refractivity contribution < 1.29 is 23.9 Å². The summed E-state index contributed by atoms with van der Waals surface area (Å²) in [7, 11) is 0. The summed E-state index contributed by atoms with van der Waals surface area (Å²) in [4.78, 5) is 51.4. The zero-order valence-corrected chi connectivity index (χ0v) is 17.6. The second-order valence-corrected chi connectivity index (χ2v) is 8.76. The monoisotopic (exact) mass is 470 g/mol. The third kappa shape index (κ3) is 3.45. The van der Waals surface area contributed by atoms with Gasteiger partial charge in [0, 0.05) is 16.5 Å². The predicted octanol–water partition coefficient (Wildman–Crippen LogP) is 4.17. The molecular formula is C23H19ClN2O5S. The smallest absolute Gasteiger partial charge is 0.266 e. The maximum Gasteiger partial charge on any atom is 0.266 e. The highest BCUT2D eigenvalue weighted by Crippen LogP contribution is 2.38. The van der Waals surface area contributed by atoms with E-state index in [1.807, 2.05) is 24.3 Å². The van der Waals surface area contributed by atoms with Crippen molar-refractivity contribution in [3.05, 3.63) is 63.5 Å². The van der Waals surface area contributed by atoms with Crippen LogP contribution < -0.4 is 10.1 Å². The van der Waals surface area contributed by atoms with Crippen molar-refractivity contribution in [2.45, 2.75) is 32.9 Å². The lowest BCUT2D eigenvalue weighted by Crippen LogP contribution is -2.54. The Hall–Kier alpha value is -3.23. The van der Waals surface area contributed by atoms with Crippen molar-refractivity contribution >= 4 is 56.7 Å². The summed E-state index contributed by atoms with van der Waals surface area (Å²) in [6.07, 6.45) is 0.168. The first-order chi connectivity index (χ1) is 15.0. The van der Waals surface area contributed by atoms with Crippen molar-refractivity contribution in [2.24, 2.45) is 0 Å². The first-order valence-electron chi connectivity index (χ1n) is 9.59. The van der Waals surface area contributed by atoms with Crippen LogP contribution in [0.1, 0.15) is 45.9 Å². The minimum absolute atomic E-state index is 0. The van der Waals surface area contributed by atoms with Gasteiger partial charge in [-0.2, -0.15) is 0 Å². The molecule has 3 heterocycles. The van der Waals surface area contributed by atoms with E-state index in [9.17, 15) is 19.2 Å². The number of piperidine rings is 1. The third-order valence-electron chi connectivity index (χ3n) is 5.39. The normalized spacial score (nSPS) is 17.9. The van der Waals surface area contributed by atoms with E-state index in [0.717, 1.165) is 19.9 Å². The Kier molecular flexibility index (Phi) is 5.75. The highest BCUT2D eigenvalue weighted by Gasteiger charge is 2.46. The minimum Gasteiger partial charge on any atom is -0.487 e. The number of fused-ring (bicyclic) bond motifs is 2. The molecule has 1 saturated heterocycles. The molecule has 5 rings (SSSR count). The number of nitrogens with one attached hydrogen (secondary N) is 1. The highest BCUT2D eigenvalue weighted by molar-refractivity contribution is 7.19. The maximum absolute atomic E-state index is 13.1. The fraction of sp³-hybridized carbons (Fsp3) is 0.217. The number of rotatable bonds is 4. The van der Waals surface area contributed by atoms with Crippen LogP contribution in [0.4, 0.5) is 0 Å². The number of halogens is 1. The molecule has 2 aromatic carbocycles. The van der Waals surface area contributed by atoms with Gasteiger partial charge in [-0.15, -0.1) is 11.3 Å². The molecule has 9 heteroatoms. The number of hydrogen-bond donors (Lipinski definition) is 1. The second-order valence-electron chi connectivity index (χ2n) is 7.25. The van der Waals surface area contributed by atoms with Gasteiger partial charge in [0.1, 0.15) is 18.4 Å². The van der Waals surface area contributed by atoms with E-state index in [2.05, 4.69) is 5.32 Å². The molecule has 0 saturated carbocycles. The van der Waals surface area contributed by atoms with E-state index in [0.29, 0.717) is 5.02 Å². The number of nitrogens with zero attached hydrogens (tertiary/aromatic N) is 1. The molecule has 0 radical (unpaired) electrons. The van der Waals surface area contributed by atoms with E-state index in [1.54, 1.807) is 12.1 Å². The number of hydrogen-bond acceptors (Lipinski definition) is 6. The predicted molar refractivity (Wildman–Crippen MR) is 121 cm³/mol. The molecule has 164 valence electrons. The zero-order chi connectivity index (χ0) is 21.7. The lowest BCUT2D eigenvalue weighted by atomic mass is 10.0. The molecule has 4 amide bonds. The van der Waals surface area contributed by atoms with Gasteiger partial charge in [0.2, 0.25) is 11.8 Å². The van der Waals surface area contributed by atoms with Crippen LogP contribution in [-0.4, -0.2) is 34.6 Å². The van der Waals surface area contributed by atoms with Gasteiger partial charge < -0.3 is 4.74 Å². The fourth-order valence-corrected chi connectivity index (χ4v) is 5.31. The Morgan fingerprint density at radius 1 is 1.06 bits per heavy atom. The van der Waals surface area contributed by atoms with E-state index in [1.165, 1.54) is 17.4 Å². The Bertz CT molecular complexity index is 1280. The average Bonchev–Trinajstić information content (AvgIpc) is 3.21. The van der Waals surface area contributed by atoms with Crippen molar-refractivity contribution in [3.63, 3.8) is 0 Å². The summed E-state index contributed by atoms with van der Waals surface area (Å²) in [6, 6.07) is 11.5. The molecule has 1 aromatic heterocycles. The summed E-state index contributed by atoms with van der Waals surface area (Å²) in [6.45, 7) is 0.133. The summed E-state index contributed by atoms with van der Waals surface area (Å²) in [5.41, 5.74) is 0.295. The molecule has 1 unspecified atom stereocenters. The van der Waals surface area contributed by atoms with Crippen molar-refractivity contribution in [2.75, 3.05) is 0 Å². The van der Waals surface area contributed by atoms with Gasteiger partial charge in [-0.05, 0) is 24.6 Å². The van der Waals surface area contributed by atoms with Crippen molar-refractivity contribution in [1.29, 1.82) is 0 Å². The lowest BCUT2D eigenvalue weighted by Gasteiger charge is -2.27. The molecular weight excluding hydrogens is 452 g/mol. The van der Waals surface area contributed by atoms with Gasteiger partial charge in [-0.1, -0.05) is 43.3 Å². The molecule has 1 fully saturated rings. The van der Waals surface area contributed by atoms with Crippen LogP contribution >= 0.6 is 22.9 Å². The SMILES string of the molecule is C.O=C1CCC(N2C(=O)c3cccc(OCc4sc5ccccc5c4Cl)c3C2=O)C(=O)N1. The Labute approximate surface area is 192 Å². The second kappa shape index (κ2) is 8.37. The van der Waals surface area contributed by atoms with Gasteiger partial charge in [0.15, 0.2) is 0 Å². The van der Waals surface area contributed by atoms with Gasteiger partial charge >= 0.3 is 0 Å². The number of amides is 4. The van der Waals surface area contributed by atoms with Gasteiger partial charge in [-0.25, -0.2) is 0 Å². The largest absolute Gasteiger partial charge is 0.487 e. The molecule has 7 nitrogen and oxygen atoms in total. The zero-order valence-electron chi connectivity index (χ0n) is 16.0. The molecule has 0 bridgehead atoms. The van der Waals surface area contributed by atoms with E-state index in [4.69, 9.17) is 16.3 Å². The minimum atomic E-state index is -1.02. The van der Waals surface area contributed by atoms with E-state index >= 15 is 0 Å². The molecule has 1 atom stereocenters. The summed E-state index contributed by atoms with van der Waals surface area (Å²) < 4.78 is 6.94. The summed E-state index contributed by atoms with van der Waals surface area (Å²) >= 11 is 7.97. The summed E-state index contributed by atoms with van der Waals surface area (Å²) in [5, 5.41) is 3.72. The first kappa shape index (κ1) is 22.0. The number of carbonyl (C=O) groups is 4. The molecule has 0 aliphatic carbocycles. The Morgan fingerprint density at radius 3 is 2.59 bits per heavy atom. The molecule has 2 aliphatic rings. The third-order valence-corrected chi connectivity index (χ3v) is 7.08. The first-order valence-corrected chi connectivity index (χ1v) is 10.8. The average molecular weight is 471 g/mol. The van der Waals surface area contributed by atoms with Crippen LogP contribution in [-0.2, 0) is 16.2 Å². The van der Waals surface area contributed by atoms with E-state index < -0.39 is 29.7 Å². The number of thiophene rings is 1. The molecule has 0 spiro atoms. The van der Waals surface area contributed by atoms with Crippen LogP contribution in [0.5, 0.6) is 5.75 Å². The van der Waals surface area contributed by atoms with Crippen molar-refractivity contribution in [3.8, 4) is 5.75 Å². The van der Waals surface area contributed by atoms with Crippen LogP contribution in [0.2, 0.25) is 5.02 Å². The molecule has 32 heavy (non-hydrogen) atoms. The lowest BCUT2D eigenvalue weighted by molar-refractivity contribution is -0.136. The topological polar surface area (TPSA) is 92.8 Å². The number of ether oxygens (including phenoxy) is 1. The standard InChI is InChI=1S/C22H15ClN2O5S.CH4/c23-19-11-4-1-2-7-15(11)31-16(19)10-30-14-6-3-5-12-18(14)22(29)25(21(12)28)13-8-9-17(26)24-20(13)27;/h1-7,13H,8-10H2,(H,24,26,27);1H4. The number of carbonyl (C=O) groups excluding carboxylic acids is 4. The van der Waals surface area contributed by atoms with Gasteiger partial charge in [0.05, 0.1) is 21.0 Å².